The zero-order valence-electron chi connectivity index (χ0n) is 14.6. The second-order valence-corrected chi connectivity index (χ2v) is 6.53. The molecule has 2 rings (SSSR count). The Morgan fingerprint density at radius 1 is 1.27 bits per heavy atom. The SMILES string of the molecule is CN=C(NCCc1csc(C)n1)NCc1ccccc1OCC(F)(F)F. The number of aliphatic imine (C=N–C) groups is 1. The van der Waals surface area contributed by atoms with Crippen LogP contribution < -0.4 is 15.4 Å². The highest BCUT2D eigenvalue weighted by Crippen LogP contribution is 2.22. The minimum atomic E-state index is -4.37. The highest BCUT2D eigenvalue weighted by atomic mass is 32.1. The van der Waals surface area contributed by atoms with Gasteiger partial charge in [-0.1, -0.05) is 18.2 Å². The number of thiazole rings is 1. The molecule has 2 aromatic rings. The number of aromatic nitrogens is 1. The van der Waals surface area contributed by atoms with Gasteiger partial charge >= 0.3 is 6.18 Å². The average molecular weight is 386 g/mol. The molecular weight excluding hydrogens is 365 g/mol. The number of ether oxygens (including phenoxy) is 1. The Labute approximate surface area is 154 Å². The number of benzene rings is 1. The third-order valence-electron chi connectivity index (χ3n) is 3.37. The van der Waals surface area contributed by atoms with E-state index in [0.717, 1.165) is 17.1 Å². The normalized spacial score (nSPS) is 12.1. The fourth-order valence-corrected chi connectivity index (χ4v) is 2.83. The Morgan fingerprint density at radius 2 is 2.04 bits per heavy atom. The number of rotatable bonds is 7. The van der Waals surface area contributed by atoms with Crippen LogP contribution in [0.5, 0.6) is 5.75 Å². The number of para-hydroxylation sites is 1. The Morgan fingerprint density at radius 3 is 2.69 bits per heavy atom. The van der Waals surface area contributed by atoms with Crippen LogP contribution in [0.25, 0.3) is 0 Å². The predicted octanol–water partition coefficient (Wildman–Crippen LogP) is 3.30. The molecule has 0 aliphatic carbocycles. The highest BCUT2D eigenvalue weighted by Gasteiger charge is 2.28. The monoisotopic (exact) mass is 386 g/mol. The molecule has 1 aromatic heterocycles. The maximum atomic E-state index is 12.3. The number of nitrogens with one attached hydrogen (secondary N) is 2. The average Bonchev–Trinajstić information content (AvgIpc) is 3.01. The molecule has 0 saturated carbocycles. The molecular formula is C17H21F3N4OS. The molecule has 0 radical (unpaired) electrons. The summed E-state index contributed by atoms with van der Waals surface area (Å²) in [5.41, 5.74) is 1.64. The van der Waals surface area contributed by atoms with Crippen molar-refractivity contribution < 1.29 is 17.9 Å². The molecule has 0 aliphatic heterocycles. The molecule has 9 heteroatoms. The highest BCUT2D eigenvalue weighted by molar-refractivity contribution is 7.09. The number of nitrogens with zero attached hydrogens (tertiary/aromatic N) is 2. The molecule has 1 aromatic carbocycles. The molecule has 0 aliphatic rings. The van der Waals surface area contributed by atoms with Gasteiger partial charge in [0.1, 0.15) is 5.75 Å². The first-order valence-electron chi connectivity index (χ1n) is 8.00. The lowest BCUT2D eigenvalue weighted by molar-refractivity contribution is -0.153. The van der Waals surface area contributed by atoms with Gasteiger partial charge in [-0.2, -0.15) is 13.2 Å². The maximum absolute atomic E-state index is 12.3. The van der Waals surface area contributed by atoms with E-state index in [9.17, 15) is 13.2 Å². The molecule has 0 fully saturated rings. The zero-order chi connectivity index (χ0) is 19.0. The molecule has 0 bridgehead atoms. The second-order valence-electron chi connectivity index (χ2n) is 5.47. The molecule has 1 heterocycles. The molecule has 0 saturated heterocycles. The largest absolute Gasteiger partial charge is 0.484 e. The molecule has 0 atom stereocenters. The lowest BCUT2D eigenvalue weighted by Crippen LogP contribution is -2.38. The number of halogens is 3. The fourth-order valence-electron chi connectivity index (χ4n) is 2.18. The molecule has 0 unspecified atom stereocenters. The van der Waals surface area contributed by atoms with Crippen molar-refractivity contribution in [3.05, 3.63) is 45.9 Å². The Bertz CT molecular complexity index is 731. The summed E-state index contributed by atoms with van der Waals surface area (Å²) in [4.78, 5) is 8.50. The maximum Gasteiger partial charge on any atom is 0.422 e. The quantitative estimate of drug-likeness (QED) is 0.566. The van der Waals surface area contributed by atoms with Crippen LogP contribution >= 0.6 is 11.3 Å². The summed E-state index contributed by atoms with van der Waals surface area (Å²) < 4.78 is 41.9. The van der Waals surface area contributed by atoms with E-state index in [4.69, 9.17) is 4.74 Å². The summed E-state index contributed by atoms with van der Waals surface area (Å²) in [5, 5.41) is 9.27. The molecule has 0 amide bonds. The van der Waals surface area contributed by atoms with Crippen molar-refractivity contribution in [2.24, 2.45) is 4.99 Å². The summed E-state index contributed by atoms with van der Waals surface area (Å²) in [6.07, 6.45) is -3.61. The van der Waals surface area contributed by atoms with E-state index in [1.807, 2.05) is 12.3 Å². The second kappa shape index (κ2) is 9.42. The van der Waals surface area contributed by atoms with E-state index >= 15 is 0 Å². The topological polar surface area (TPSA) is 58.5 Å². The van der Waals surface area contributed by atoms with E-state index in [1.165, 1.54) is 6.07 Å². The van der Waals surface area contributed by atoms with Crippen LogP contribution in [0.4, 0.5) is 13.2 Å². The van der Waals surface area contributed by atoms with Crippen LogP contribution in [0.2, 0.25) is 0 Å². The van der Waals surface area contributed by atoms with Gasteiger partial charge in [0.2, 0.25) is 0 Å². The van der Waals surface area contributed by atoms with Gasteiger partial charge in [0.25, 0.3) is 0 Å². The van der Waals surface area contributed by atoms with Gasteiger partial charge in [0.15, 0.2) is 12.6 Å². The van der Waals surface area contributed by atoms with Crippen LogP contribution in [-0.2, 0) is 13.0 Å². The minimum absolute atomic E-state index is 0.200. The van der Waals surface area contributed by atoms with Gasteiger partial charge in [-0.3, -0.25) is 4.99 Å². The predicted molar refractivity (Wildman–Crippen MR) is 96.7 cm³/mol. The van der Waals surface area contributed by atoms with Crippen molar-refractivity contribution in [3.63, 3.8) is 0 Å². The number of alkyl halides is 3. The number of hydrogen-bond donors (Lipinski definition) is 2. The van der Waals surface area contributed by atoms with E-state index in [0.29, 0.717) is 24.6 Å². The minimum Gasteiger partial charge on any atom is -0.484 e. The summed E-state index contributed by atoms with van der Waals surface area (Å²) in [7, 11) is 1.63. The summed E-state index contributed by atoms with van der Waals surface area (Å²) in [6.45, 7) is 1.59. The first kappa shape index (κ1) is 20.0. The van der Waals surface area contributed by atoms with Crippen LogP contribution in [0.3, 0.4) is 0 Å². The van der Waals surface area contributed by atoms with Gasteiger partial charge in [-0.25, -0.2) is 4.98 Å². The molecule has 0 spiro atoms. The van der Waals surface area contributed by atoms with E-state index in [-0.39, 0.29) is 5.75 Å². The Kier molecular flexibility index (Phi) is 7.26. The standard InChI is InChI=1S/C17H21F3N4OS/c1-12-24-14(10-26-12)7-8-22-16(21-2)23-9-13-5-3-4-6-15(13)25-11-17(18,19)20/h3-6,10H,7-9,11H2,1-2H3,(H2,21,22,23). The van der Waals surface area contributed by atoms with Crippen molar-refractivity contribution in [1.82, 2.24) is 15.6 Å². The van der Waals surface area contributed by atoms with Gasteiger partial charge in [0, 0.05) is 37.5 Å². The van der Waals surface area contributed by atoms with Crippen LogP contribution in [0, 0.1) is 6.92 Å². The van der Waals surface area contributed by atoms with Gasteiger partial charge < -0.3 is 15.4 Å². The van der Waals surface area contributed by atoms with Crippen molar-refractivity contribution in [1.29, 1.82) is 0 Å². The van der Waals surface area contributed by atoms with Crippen molar-refractivity contribution in [3.8, 4) is 5.75 Å². The van der Waals surface area contributed by atoms with E-state index in [1.54, 1.807) is 36.6 Å². The third kappa shape index (κ3) is 6.91. The molecule has 2 N–H and O–H groups in total. The summed E-state index contributed by atoms with van der Waals surface area (Å²) >= 11 is 1.61. The smallest absolute Gasteiger partial charge is 0.422 e. The van der Waals surface area contributed by atoms with Gasteiger partial charge in [-0.05, 0) is 13.0 Å². The summed E-state index contributed by atoms with van der Waals surface area (Å²) in [6, 6.07) is 6.61. The van der Waals surface area contributed by atoms with Crippen LogP contribution in [0.15, 0.2) is 34.6 Å². The molecule has 142 valence electrons. The van der Waals surface area contributed by atoms with Crippen LogP contribution in [-0.4, -0.2) is 37.3 Å². The number of guanidine groups is 1. The summed E-state index contributed by atoms with van der Waals surface area (Å²) in [5.74, 6) is 0.758. The Hall–Kier alpha value is -2.29. The van der Waals surface area contributed by atoms with Gasteiger partial charge in [0.05, 0.1) is 10.7 Å². The molecule has 26 heavy (non-hydrogen) atoms. The van der Waals surface area contributed by atoms with Crippen molar-refractivity contribution in [2.45, 2.75) is 26.1 Å². The molecule has 5 nitrogen and oxygen atoms in total. The van der Waals surface area contributed by atoms with E-state index in [2.05, 4.69) is 20.6 Å². The first-order chi connectivity index (χ1) is 12.4. The van der Waals surface area contributed by atoms with Crippen molar-refractivity contribution in [2.75, 3.05) is 20.2 Å². The fraction of sp³-hybridized carbons (Fsp3) is 0.412. The lowest BCUT2D eigenvalue weighted by Gasteiger charge is -2.15. The first-order valence-corrected chi connectivity index (χ1v) is 8.88. The van der Waals surface area contributed by atoms with Crippen LogP contribution in [0.1, 0.15) is 16.3 Å². The Balaban J connectivity index is 1.84. The lowest BCUT2D eigenvalue weighted by atomic mass is 10.2. The number of aryl methyl sites for hydroxylation is 1. The zero-order valence-corrected chi connectivity index (χ0v) is 15.4. The third-order valence-corrected chi connectivity index (χ3v) is 4.20. The van der Waals surface area contributed by atoms with E-state index < -0.39 is 12.8 Å². The number of hydrogen-bond acceptors (Lipinski definition) is 4. The van der Waals surface area contributed by atoms with Gasteiger partial charge in [-0.15, -0.1) is 11.3 Å². The van der Waals surface area contributed by atoms with Crippen molar-refractivity contribution >= 4 is 17.3 Å².